The molecule has 0 atom stereocenters. The lowest BCUT2D eigenvalue weighted by molar-refractivity contribution is 0.459. The maximum Gasteiger partial charge on any atom is 0.0970 e. The van der Waals surface area contributed by atoms with Gasteiger partial charge in [0, 0.05) is 5.92 Å². The quantitative estimate of drug-likeness (QED) is 0.886. The zero-order valence-electron chi connectivity index (χ0n) is 11.1. The molecule has 2 nitrogen and oxygen atoms in total. The van der Waals surface area contributed by atoms with Crippen LogP contribution in [0, 0.1) is 0 Å². The Hall–Kier alpha value is -0.930. The van der Waals surface area contributed by atoms with Gasteiger partial charge in [-0.05, 0) is 49.5 Å². The van der Waals surface area contributed by atoms with Crippen LogP contribution in [0.1, 0.15) is 49.1 Å². The average Bonchev–Trinajstić information content (AvgIpc) is 2.82. The first-order chi connectivity index (χ1) is 8.74. The highest BCUT2D eigenvalue weighted by Crippen LogP contribution is 2.33. The van der Waals surface area contributed by atoms with E-state index in [9.17, 15) is 0 Å². The van der Waals surface area contributed by atoms with E-state index in [1.165, 1.54) is 33.6 Å². The Balaban J connectivity index is 1.94. The van der Waals surface area contributed by atoms with Crippen LogP contribution in [0.25, 0.3) is 10.2 Å². The lowest BCUT2D eigenvalue weighted by Crippen LogP contribution is -2.26. The molecule has 18 heavy (non-hydrogen) atoms. The minimum absolute atomic E-state index is 0.596. The number of piperidine rings is 1. The highest BCUT2D eigenvalue weighted by atomic mass is 32.1. The maximum absolute atomic E-state index is 4.83. The molecule has 1 aromatic carbocycles. The Morgan fingerprint density at radius 3 is 2.78 bits per heavy atom. The van der Waals surface area contributed by atoms with Crippen molar-refractivity contribution in [1.29, 1.82) is 0 Å². The summed E-state index contributed by atoms with van der Waals surface area (Å²) in [5.41, 5.74) is 2.60. The van der Waals surface area contributed by atoms with Gasteiger partial charge in [-0.2, -0.15) is 0 Å². The third kappa shape index (κ3) is 2.29. The number of nitrogens with zero attached hydrogens (tertiary/aromatic N) is 1. The third-order valence-electron chi connectivity index (χ3n) is 3.78. The predicted octanol–water partition coefficient (Wildman–Crippen LogP) is 3.89. The normalized spacial score (nSPS) is 17.7. The van der Waals surface area contributed by atoms with E-state index in [0.29, 0.717) is 11.8 Å². The van der Waals surface area contributed by atoms with Crippen LogP contribution >= 0.6 is 11.3 Å². The number of hydrogen-bond acceptors (Lipinski definition) is 3. The number of thiazole rings is 1. The lowest BCUT2D eigenvalue weighted by Gasteiger charge is -2.20. The summed E-state index contributed by atoms with van der Waals surface area (Å²) in [6.07, 6.45) is 2.47. The molecule has 0 radical (unpaired) electrons. The fourth-order valence-corrected chi connectivity index (χ4v) is 3.75. The molecule has 96 valence electrons. The summed E-state index contributed by atoms with van der Waals surface area (Å²) in [6.45, 7) is 6.77. The van der Waals surface area contributed by atoms with E-state index in [1.54, 1.807) is 0 Å². The van der Waals surface area contributed by atoms with Gasteiger partial charge in [0.25, 0.3) is 0 Å². The molecule has 2 aromatic rings. The molecule has 1 N–H and O–H groups in total. The number of nitrogens with one attached hydrogen (secondary N) is 1. The van der Waals surface area contributed by atoms with Gasteiger partial charge in [0.15, 0.2) is 0 Å². The van der Waals surface area contributed by atoms with Gasteiger partial charge < -0.3 is 5.32 Å². The van der Waals surface area contributed by atoms with Gasteiger partial charge in [-0.15, -0.1) is 11.3 Å². The van der Waals surface area contributed by atoms with Crippen molar-refractivity contribution >= 4 is 21.6 Å². The minimum atomic E-state index is 0.596. The van der Waals surface area contributed by atoms with Crippen molar-refractivity contribution in [1.82, 2.24) is 10.3 Å². The lowest BCUT2D eigenvalue weighted by atomic mass is 9.99. The van der Waals surface area contributed by atoms with Gasteiger partial charge in [-0.25, -0.2) is 4.98 Å². The molecule has 2 heterocycles. The summed E-state index contributed by atoms with van der Waals surface area (Å²) in [5.74, 6) is 1.27. The standard InChI is InChI=1S/C15H20N2S/c1-10(2)12-3-4-13-14(9-12)18-15(17-13)11-5-7-16-8-6-11/h3-4,9-11,16H,5-8H2,1-2H3. The van der Waals surface area contributed by atoms with Crippen LogP contribution in [0.4, 0.5) is 0 Å². The Labute approximate surface area is 112 Å². The van der Waals surface area contributed by atoms with Gasteiger partial charge in [-0.3, -0.25) is 0 Å². The van der Waals surface area contributed by atoms with E-state index < -0.39 is 0 Å². The Bertz CT molecular complexity index is 538. The molecule has 1 fully saturated rings. The highest BCUT2D eigenvalue weighted by molar-refractivity contribution is 7.18. The van der Waals surface area contributed by atoms with Crippen molar-refractivity contribution in [2.75, 3.05) is 13.1 Å². The van der Waals surface area contributed by atoms with Crippen molar-refractivity contribution in [2.24, 2.45) is 0 Å². The molecule has 0 aliphatic carbocycles. The minimum Gasteiger partial charge on any atom is -0.317 e. The third-order valence-corrected chi connectivity index (χ3v) is 4.96. The van der Waals surface area contributed by atoms with Gasteiger partial charge in [0.05, 0.1) is 15.2 Å². The van der Waals surface area contributed by atoms with Gasteiger partial charge in [0.2, 0.25) is 0 Å². The largest absolute Gasteiger partial charge is 0.317 e. The van der Waals surface area contributed by atoms with E-state index in [0.717, 1.165) is 13.1 Å². The van der Waals surface area contributed by atoms with Crippen LogP contribution in [-0.2, 0) is 0 Å². The zero-order valence-corrected chi connectivity index (χ0v) is 11.9. The molecule has 0 saturated carbocycles. The zero-order chi connectivity index (χ0) is 12.5. The number of fused-ring (bicyclic) bond motifs is 1. The first-order valence-electron chi connectivity index (χ1n) is 6.85. The van der Waals surface area contributed by atoms with Crippen LogP contribution in [0.3, 0.4) is 0 Å². The molecular formula is C15H20N2S. The highest BCUT2D eigenvalue weighted by Gasteiger charge is 2.19. The molecule has 0 spiro atoms. The molecule has 0 amide bonds. The van der Waals surface area contributed by atoms with Crippen LogP contribution < -0.4 is 5.32 Å². The number of rotatable bonds is 2. The average molecular weight is 260 g/mol. The van der Waals surface area contributed by atoms with E-state index in [4.69, 9.17) is 4.98 Å². The first-order valence-corrected chi connectivity index (χ1v) is 7.67. The first kappa shape index (κ1) is 12.1. The molecule has 0 bridgehead atoms. The van der Waals surface area contributed by atoms with Crippen LogP contribution in [0.15, 0.2) is 18.2 Å². The van der Waals surface area contributed by atoms with Gasteiger partial charge >= 0.3 is 0 Å². The Morgan fingerprint density at radius 1 is 1.28 bits per heavy atom. The summed E-state index contributed by atoms with van der Waals surface area (Å²) >= 11 is 1.90. The number of benzene rings is 1. The maximum atomic E-state index is 4.83. The summed E-state index contributed by atoms with van der Waals surface area (Å²) in [7, 11) is 0. The van der Waals surface area contributed by atoms with Crippen molar-refractivity contribution in [2.45, 2.75) is 38.5 Å². The predicted molar refractivity (Wildman–Crippen MR) is 78.6 cm³/mol. The second-order valence-corrected chi connectivity index (χ2v) is 6.52. The monoisotopic (exact) mass is 260 g/mol. The molecule has 1 saturated heterocycles. The van der Waals surface area contributed by atoms with E-state index in [2.05, 4.69) is 37.4 Å². The Kier molecular flexibility index (Phi) is 3.35. The number of hydrogen-bond donors (Lipinski definition) is 1. The SMILES string of the molecule is CC(C)c1ccc2nc(C3CCNCC3)sc2c1. The van der Waals surface area contributed by atoms with Crippen LogP contribution in [-0.4, -0.2) is 18.1 Å². The van der Waals surface area contributed by atoms with E-state index in [-0.39, 0.29) is 0 Å². The molecule has 3 heteroatoms. The number of aromatic nitrogens is 1. The fourth-order valence-electron chi connectivity index (χ4n) is 2.56. The molecular weight excluding hydrogens is 240 g/mol. The van der Waals surface area contributed by atoms with Crippen molar-refractivity contribution in [3.05, 3.63) is 28.8 Å². The van der Waals surface area contributed by atoms with Crippen molar-refractivity contribution in [3.63, 3.8) is 0 Å². The van der Waals surface area contributed by atoms with Crippen LogP contribution in [0.5, 0.6) is 0 Å². The van der Waals surface area contributed by atoms with E-state index in [1.807, 2.05) is 11.3 Å². The van der Waals surface area contributed by atoms with Gasteiger partial charge in [-0.1, -0.05) is 19.9 Å². The summed E-state index contributed by atoms with van der Waals surface area (Å²) in [6, 6.07) is 6.73. The van der Waals surface area contributed by atoms with Crippen LogP contribution in [0.2, 0.25) is 0 Å². The molecule has 3 rings (SSSR count). The fraction of sp³-hybridized carbons (Fsp3) is 0.533. The van der Waals surface area contributed by atoms with Crippen molar-refractivity contribution in [3.8, 4) is 0 Å². The molecule has 1 aromatic heterocycles. The molecule has 1 aliphatic rings. The van der Waals surface area contributed by atoms with Crippen molar-refractivity contribution < 1.29 is 0 Å². The second-order valence-electron chi connectivity index (χ2n) is 5.46. The topological polar surface area (TPSA) is 24.9 Å². The summed E-state index contributed by atoms with van der Waals surface area (Å²) < 4.78 is 1.36. The van der Waals surface area contributed by atoms with E-state index >= 15 is 0 Å². The Morgan fingerprint density at radius 2 is 2.06 bits per heavy atom. The van der Waals surface area contributed by atoms with Gasteiger partial charge in [0.1, 0.15) is 0 Å². The molecule has 0 unspecified atom stereocenters. The smallest absolute Gasteiger partial charge is 0.0970 e. The second kappa shape index (κ2) is 4.98. The summed E-state index contributed by atoms with van der Waals surface area (Å²) in [4.78, 5) is 4.83. The summed E-state index contributed by atoms with van der Waals surface area (Å²) in [5, 5.41) is 4.76. The molecule has 1 aliphatic heterocycles.